The number of hydrogen-bond acceptors (Lipinski definition) is 6. The third kappa shape index (κ3) is 5.48. The Balaban J connectivity index is 0.000000172. The molecule has 0 spiro atoms. The van der Waals surface area contributed by atoms with Gasteiger partial charge in [0.25, 0.3) is 0 Å². The van der Waals surface area contributed by atoms with Crippen molar-refractivity contribution in [3.05, 3.63) is 81.7 Å². The molecule has 0 bridgehead atoms. The van der Waals surface area contributed by atoms with Crippen LogP contribution in [-0.4, -0.2) is 50.7 Å². The highest BCUT2D eigenvalue weighted by Crippen LogP contribution is 2.39. The number of carbonyl (C=O) groups excluding carboxylic acids is 1. The molecule has 1 unspecified atom stereocenters. The van der Waals surface area contributed by atoms with Gasteiger partial charge in [-0.2, -0.15) is 0 Å². The molecule has 0 amide bonds. The first-order chi connectivity index (χ1) is 16.6. The number of nitrogens with one attached hydrogen (secondary N) is 1. The molecule has 1 saturated heterocycles. The van der Waals surface area contributed by atoms with Crippen LogP contribution < -0.4 is 10.2 Å². The number of hydrogen-bond donors (Lipinski definition) is 2. The van der Waals surface area contributed by atoms with Crippen molar-refractivity contribution in [2.75, 3.05) is 43.6 Å². The van der Waals surface area contributed by atoms with Crippen LogP contribution in [0.2, 0.25) is 0 Å². The summed E-state index contributed by atoms with van der Waals surface area (Å²) < 4.78 is 5.27. The SMILES string of the molecule is CNc1scc(C2CCc3ccccc3C2)c1C(=O)O.O=Cc1ccc(N2CCOCC2)cc1. The Labute approximate surface area is 204 Å². The third-order valence-electron chi connectivity index (χ3n) is 6.45. The van der Waals surface area contributed by atoms with Gasteiger partial charge in [0.15, 0.2) is 0 Å². The van der Waals surface area contributed by atoms with Crippen LogP contribution in [0.4, 0.5) is 10.7 Å². The molecule has 178 valence electrons. The maximum Gasteiger partial charge on any atom is 0.338 e. The van der Waals surface area contributed by atoms with E-state index in [1.54, 1.807) is 7.05 Å². The maximum atomic E-state index is 11.5. The van der Waals surface area contributed by atoms with E-state index in [-0.39, 0.29) is 0 Å². The van der Waals surface area contributed by atoms with Gasteiger partial charge in [0.2, 0.25) is 0 Å². The lowest BCUT2D eigenvalue weighted by molar-refractivity contribution is 0.0696. The smallest absolute Gasteiger partial charge is 0.338 e. The number of carbonyl (C=O) groups is 2. The molecule has 1 aromatic heterocycles. The van der Waals surface area contributed by atoms with Crippen molar-refractivity contribution in [3.63, 3.8) is 0 Å². The summed E-state index contributed by atoms with van der Waals surface area (Å²) >= 11 is 1.49. The first-order valence-electron chi connectivity index (χ1n) is 11.6. The van der Waals surface area contributed by atoms with Crippen molar-refractivity contribution < 1.29 is 19.4 Å². The van der Waals surface area contributed by atoms with E-state index in [2.05, 4.69) is 34.5 Å². The molecule has 1 aliphatic heterocycles. The van der Waals surface area contributed by atoms with Crippen molar-refractivity contribution in [3.8, 4) is 0 Å². The molecule has 1 fully saturated rings. The molecular formula is C27H30N2O4S. The number of anilines is 2. The molecule has 34 heavy (non-hydrogen) atoms. The van der Waals surface area contributed by atoms with E-state index in [1.807, 2.05) is 29.6 Å². The van der Waals surface area contributed by atoms with Crippen LogP contribution in [-0.2, 0) is 17.6 Å². The zero-order chi connectivity index (χ0) is 23.9. The minimum absolute atomic E-state index is 0.314. The van der Waals surface area contributed by atoms with Crippen LogP contribution in [0.3, 0.4) is 0 Å². The molecule has 5 rings (SSSR count). The number of carboxylic acid groups (broad SMARTS) is 1. The summed E-state index contributed by atoms with van der Waals surface area (Å²) in [4.78, 5) is 24.2. The number of benzene rings is 2. The van der Waals surface area contributed by atoms with Gasteiger partial charge in [0.05, 0.1) is 18.8 Å². The van der Waals surface area contributed by atoms with Crippen LogP contribution in [0.15, 0.2) is 53.9 Å². The zero-order valence-corrected chi connectivity index (χ0v) is 20.1. The molecule has 2 heterocycles. The molecule has 1 atom stereocenters. The maximum absolute atomic E-state index is 11.5. The van der Waals surface area contributed by atoms with Crippen LogP contribution in [0.25, 0.3) is 0 Å². The summed E-state index contributed by atoms with van der Waals surface area (Å²) in [5.74, 6) is -0.515. The number of aromatic carboxylic acids is 1. The number of ether oxygens (including phenoxy) is 1. The minimum Gasteiger partial charge on any atom is -0.478 e. The topological polar surface area (TPSA) is 78.9 Å². The molecule has 2 aliphatic rings. The van der Waals surface area contributed by atoms with Gasteiger partial charge in [-0.15, -0.1) is 11.3 Å². The molecule has 1 aliphatic carbocycles. The van der Waals surface area contributed by atoms with E-state index in [1.165, 1.54) is 28.2 Å². The van der Waals surface area contributed by atoms with Crippen molar-refractivity contribution in [2.24, 2.45) is 0 Å². The number of thiophene rings is 1. The Morgan fingerprint density at radius 1 is 1.12 bits per heavy atom. The van der Waals surface area contributed by atoms with Crippen LogP contribution in [0, 0.1) is 0 Å². The Kier molecular flexibility index (Phi) is 7.98. The molecule has 3 aromatic rings. The summed E-state index contributed by atoms with van der Waals surface area (Å²) in [7, 11) is 1.78. The highest BCUT2D eigenvalue weighted by molar-refractivity contribution is 7.14. The van der Waals surface area contributed by atoms with Crippen molar-refractivity contribution >= 4 is 34.3 Å². The van der Waals surface area contributed by atoms with Gasteiger partial charge >= 0.3 is 5.97 Å². The van der Waals surface area contributed by atoms with Gasteiger partial charge < -0.3 is 20.1 Å². The van der Waals surface area contributed by atoms with E-state index in [0.717, 1.165) is 68.0 Å². The first kappa shape index (κ1) is 24.0. The van der Waals surface area contributed by atoms with Crippen LogP contribution in [0.1, 0.15) is 49.7 Å². The number of rotatable bonds is 5. The number of nitrogens with zero attached hydrogens (tertiary/aromatic N) is 1. The fourth-order valence-corrected chi connectivity index (χ4v) is 5.62. The minimum atomic E-state index is -0.829. The molecule has 7 heteroatoms. The average molecular weight is 479 g/mol. The molecular weight excluding hydrogens is 448 g/mol. The molecule has 6 nitrogen and oxygen atoms in total. The lowest BCUT2D eigenvalue weighted by Gasteiger charge is -2.28. The Hall–Kier alpha value is -3.16. The van der Waals surface area contributed by atoms with Gasteiger partial charge in [0, 0.05) is 31.4 Å². The van der Waals surface area contributed by atoms with E-state index in [9.17, 15) is 14.7 Å². The van der Waals surface area contributed by atoms with Crippen molar-refractivity contribution in [1.29, 1.82) is 0 Å². The number of morpholine rings is 1. The van der Waals surface area contributed by atoms with E-state index in [0.29, 0.717) is 11.5 Å². The van der Waals surface area contributed by atoms with Gasteiger partial charge in [0.1, 0.15) is 11.3 Å². The Bertz CT molecular complexity index is 1120. The van der Waals surface area contributed by atoms with E-state index in [4.69, 9.17) is 4.74 Å². The number of aldehydes is 1. The summed E-state index contributed by atoms with van der Waals surface area (Å²) in [5, 5.41) is 15.2. The van der Waals surface area contributed by atoms with Crippen LogP contribution in [0.5, 0.6) is 0 Å². The third-order valence-corrected chi connectivity index (χ3v) is 7.47. The Morgan fingerprint density at radius 2 is 1.82 bits per heavy atom. The zero-order valence-electron chi connectivity index (χ0n) is 19.3. The number of carboxylic acids is 1. The lowest BCUT2D eigenvalue weighted by atomic mass is 9.80. The van der Waals surface area contributed by atoms with Gasteiger partial charge in [-0.3, -0.25) is 4.79 Å². The summed E-state index contributed by atoms with van der Waals surface area (Å²) in [6, 6.07) is 16.1. The van der Waals surface area contributed by atoms with Gasteiger partial charge in [-0.05, 0) is 71.5 Å². The largest absolute Gasteiger partial charge is 0.478 e. The predicted octanol–water partition coefficient (Wildman–Crippen LogP) is 5.10. The summed E-state index contributed by atoms with van der Waals surface area (Å²) in [6.07, 6.45) is 3.86. The standard InChI is InChI=1S/C16H17NO2S.C11H13NO2/c1-17-15-14(16(18)19)13(9-20-15)12-7-6-10-4-2-3-5-11(10)8-12;13-9-10-1-3-11(4-2-10)12-5-7-14-8-6-12/h2-5,9,12,17H,6-8H2,1H3,(H,18,19);1-4,9H,5-8H2. The number of fused-ring (bicyclic) bond motifs is 1. The summed E-state index contributed by atoms with van der Waals surface area (Å²) in [6.45, 7) is 3.44. The fraction of sp³-hybridized carbons (Fsp3) is 0.333. The molecule has 2 N–H and O–H groups in total. The molecule has 0 saturated carbocycles. The number of aryl methyl sites for hydroxylation is 1. The fourth-order valence-electron chi connectivity index (χ4n) is 4.62. The van der Waals surface area contributed by atoms with Crippen molar-refractivity contribution in [1.82, 2.24) is 0 Å². The van der Waals surface area contributed by atoms with E-state index >= 15 is 0 Å². The van der Waals surface area contributed by atoms with E-state index < -0.39 is 5.97 Å². The Morgan fingerprint density at radius 3 is 2.47 bits per heavy atom. The lowest BCUT2D eigenvalue weighted by Crippen LogP contribution is -2.36. The first-order valence-corrected chi connectivity index (χ1v) is 12.5. The molecule has 2 aromatic carbocycles. The highest BCUT2D eigenvalue weighted by Gasteiger charge is 2.27. The normalized spacial score (nSPS) is 17.2. The monoisotopic (exact) mass is 478 g/mol. The van der Waals surface area contributed by atoms with Crippen LogP contribution >= 0.6 is 11.3 Å². The second-order valence-electron chi connectivity index (χ2n) is 8.47. The molecule has 0 radical (unpaired) electrons. The highest BCUT2D eigenvalue weighted by atomic mass is 32.1. The predicted molar refractivity (Wildman–Crippen MR) is 137 cm³/mol. The average Bonchev–Trinajstić information content (AvgIpc) is 3.34. The second kappa shape index (κ2) is 11.3. The quantitative estimate of drug-likeness (QED) is 0.497. The van der Waals surface area contributed by atoms with Crippen molar-refractivity contribution in [2.45, 2.75) is 25.2 Å². The summed E-state index contributed by atoms with van der Waals surface area (Å²) in [5.41, 5.74) is 6.10. The van der Waals surface area contributed by atoms with Gasteiger partial charge in [-0.1, -0.05) is 24.3 Å². The van der Waals surface area contributed by atoms with Gasteiger partial charge in [-0.25, -0.2) is 4.79 Å². The second-order valence-corrected chi connectivity index (χ2v) is 9.35.